The molecule has 0 saturated carbocycles. The summed E-state index contributed by atoms with van der Waals surface area (Å²) in [4.78, 5) is 12.9. The molecule has 0 saturated heterocycles. The zero-order valence-electron chi connectivity index (χ0n) is 19.1. The van der Waals surface area contributed by atoms with Crippen LogP contribution in [-0.4, -0.2) is 47.7 Å². The van der Waals surface area contributed by atoms with Crippen molar-refractivity contribution in [2.45, 2.75) is 38.7 Å². The maximum Gasteiger partial charge on any atom is 0.253 e. The molecule has 3 rings (SSSR count). The van der Waals surface area contributed by atoms with Crippen LogP contribution in [0.4, 0.5) is 0 Å². The summed E-state index contributed by atoms with van der Waals surface area (Å²) < 4.78 is 22.4. The van der Waals surface area contributed by atoms with Gasteiger partial charge in [0.2, 0.25) is 0 Å². The molecule has 31 heavy (non-hydrogen) atoms. The summed E-state index contributed by atoms with van der Waals surface area (Å²) in [7, 11) is 5.23. The van der Waals surface area contributed by atoms with Crippen LogP contribution in [0.2, 0.25) is 0 Å². The van der Waals surface area contributed by atoms with Gasteiger partial charge in [-0.15, -0.1) is 0 Å². The molecule has 0 spiro atoms. The van der Waals surface area contributed by atoms with E-state index >= 15 is 0 Å². The van der Waals surface area contributed by atoms with E-state index in [9.17, 15) is 4.79 Å². The van der Waals surface area contributed by atoms with E-state index in [1.807, 2.05) is 33.0 Å². The van der Waals surface area contributed by atoms with Gasteiger partial charge in [0.1, 0.15) is 13.6 Å². The number of nitrogens with one attached hydrogen (secondary N) is 1. The predicted octanol–water partition coefficient (Wildman–Crippen LogP) is 2.28. The summed E-state index contributed by atoms with van der Waals surface area (Å²) in [6, 6.07) is 9.97. The van der Waals surface area contributed by atoms with Crippen molar-refractivity contribution < 1.29 is 23.7 Å². The predicted molar refractivity (Wildman–Crippen MR) is 124 cm³/mol. The van der Waals surface area contributed by atoms with E-state index in [-0.39, 0.29) is 5.91 Å². The third kappa shape index (κ3) is 5.34. The van der Waals surface area contributed by atoms with Crippen molar-refractivity contribution in [3.8, 4) is 17.2 Å². The van der Waals surface area contributed by atoms with Gasteiger partial charge in [-0.3, -0.25) is 4.79 Å². The minimum atomic E-state index is -0.664. The monoisotopic (exact) mass is 425 g/mol. The number of amides is 1. The molecule has 1 aliphatic rings. The summed E-state index contributed by atoms with van der Waals surface area (Å²) in [5, 5.41) is 3.01. The van der Waals surface area contributed by atoms with Gasteiger partial charge in [-0.2, -0.15) is 0 Å². The highest BCUT2D eigenvalue weighted by Gasteiger charge is 2.24. The fourth-order valence-electron chi connectivity index (χ4n) is 4.03. The van der Waals surface area contributed by atoms with Gasteiger partial charge in [0, 0.05) is 13.2 Å². The van der Waals surface area contributed by atoms with Gasteiger partial charge in [0.25, 0.3) is 5.91 Å². The van der Waals surface area contributed by atoms with Crippen LogP contribution in [0.3, 0.4) is 0 Å². The Bertz CT molecular complexity index is 917. The van der Waals surface area contributed by atoms with Crippen molar-refractivity contribution in [3.05, 3.63) is 47.0 Å². The Morgan fingerprint density at radius 2 is 2.06 bits per heavy atom. The molecular formula is C24H32BNO5. The second kappa shape index (κ2) is 10.6. The van der Waals surface area contributed by atoms with Crippen molar-refractivity contribution in [1.82, 2.24) is 5.32 Å². The Hall–Kier alpha value is -2.67. The van der Waals surface area contributed by atoms with E-state index in [1.165, 1.54) is 5.56 Å². The van der Waals surface area contributed by atoms with Gasteiger partial charge in [-0.25, -0.2) is 0 Å². The smallest absolute Gasteiger partial charge is 0.253 e. The standard InChI is InChI=1S/C24H32BNO5/c1-5-30-22(17-6-7-18-15(2)9-11-31-20(18)14-17)24(27)26-10-8-16-12-19(25)23(29-4)21(13-16)28-3/h6-7,12-15,22H,5,8-11,25H2,1-4H3,(H,26,27). The van der Waals surface area contributed by atoms with Crippen molar-refractivity contribution in [3.63, 3.8) is 0 Å². The Morgan fingerprint density at radius 1 is 1.26 bits per heavy atom. The van der Waals surface area contributed by atoms with Crippen LogP contribution in [0.1, 0.15) is 49.0 Å². The van der Waals surface area contributed by atoms with Crippen molar-refractivity contribution in [2.75, 3.05) is 34.0 Å². The highest BCUT2D eigenvalue weighted by molar-refractivity contribution is 6.34. The quantitative estimate of drug-likeness (QED) is 0.625. The van der Waals surface area contributed by atoms with Crippen molar-refractivity contribution >= 4 is 19.2 Å². The molecule has 2 aromatic rings. The van der Waals surface area contributed by atoms with Crippen LogP contribution >= 0.6 is 0 Å². The maximum absolute atomic E-state index is 12.9. The first kappa shape index (κ1) is 23.0. The minimum absolute atomic E-state index is 0.150. The number of benzene rings is 2. The number of carbonyl (C=O) groups excluding carboxylic acids is 1. The summed E-state index contributed by atoms with van der Waals surface area (Å²) >= 11 is 0. The first-order valence-electron chi connectivity index (χ1n) is 10.9. The van der Waals surface area contributed by atoms with Crippen molar-refractivity contribution in [2.24, 2.45) is 0 Å². The Kier molecular flexibility index (Phi) is 7.85. The molecule has 0 aliphatic carbocycles. The summed E-state index contributed by atoms with van der Waals surface area (Å²) in [6.45, 7) is 5.73. The highest BCUT2D eigenvalue weighted by Crippen LogP contribution is 2.35. The van der Waals surface area contributed by atoms with Crippen LogP contribution in [0.15, 0.2) is 30.3 Å². The fraction of sp³-hybridized carbons (Fsp3) is 0.458. The SMILES string of the molecule is Bc1cc(CCNC(=O)C(OCC)c2ccc3c(c2)OCCC3C)cc(OC)c1OC. The van der Waals surface area contributed by atoms with E-state index in [1.54, 1.807) is 14.2 Å². The topological polar surface area (TPSA) is 66.0 Å². The Morgan fingerprint density at radius 3 is 2.77 bits per heavy atom. The molecule has 7 heteroatoms. The molecule has 0 bridgehead atoms. The number of carbonyl (C=O) groups is 1. The lowest BCUT2D eigenvalue weighted by molar-refractivity contribution is -0.132. The highest BCUT2D eigenvalue weighted by atomic mass is 16.5. The molecule has 1 aliphatic heterocycles. The van der Waals surface area contributed by atoms with E-state index in [0.29, 0.717) is 37.8 Å². The Labute approximate surface area is 185 Å². The molecule has 1 N–H and O–H groups in total. The largest absolute Gasteiger partial charge is 0.493 e. The van der Waals surface area contributed by atoms with Crippen molar-refractivity contribution in [1.29, 1.82) is 0 Å². The second-order valence-corrected chi connectivity index (χ2v) is 7.86. The lowest BCUT2D eigenvalue weighted by Gasteiger charge is -2.25. The van der Waals surface area contributed by atoms with E-state index in [4.69, 9.17) is 18.9 Å². The molecule has 6 nitrogen and oxygen atoms in total. The third-order valence-electron chi connectivity index (χ3n) is 5.69. The molecule has 0 aromatic heterocycles. The normalized spacial score (nSPS) is 16.1. The molecule has 0 fully saturated rings. The summed E-state index contributed by atoms with van der Waals surface area (Å²) in [6.07, 6.45) is 1.02. The number of rotatable bonds is 9. The molecule has 1 heterocycles. The maximum atomic E-state index is 12.9. The summed E-state index contributed by atoms with van der Waals surface area (Å²) in [5.41, 5.74) is 4.07. The number of fused-ring (bicyclic) bond motifs is 1. The number of ether oxygens (including phenoxy) is 4. The lowest BCUT2D eigenvalue weighted by atomic mass is 9.91. The average Bonchev–Trinajstić information content (AvgIpc) is 2.76. The van der Waals surface area contributed by atoms with E-state index in [2.05, 4.69) is 24.4 Å². The first-order chi connectivity index (χ1) is 15.0. The van der Waals surface area contributed by atoms with Gasteiger partial charge in [0.15, 0.2) is 17.6 Å². The first-order valence-corrected chi connectivity index (χ1v) is 10.9. The number of hydrogen-bond acceptors (Lipinski definition) is 5. The molecule has 2 aromatic carbocycles. The molecule has 166 valence electrons. The van der Waals surface area contributed by atoms with Gasteiger partial charge in [-0.05, 0) is 60.0 Å². The minimum Gasteiger partial charge on any atom is -0.493 e. The third-order valence-corrected chi connectivity index (χ3v) is 5.69. The van der Waals surface area contributed by atoms with Crippen LogP contribution in [0.5, 0.6) is 17.2 Å². The van der Waals surface area contributed by atoms with Gasteiger partial charge in [0.05, 0.1) is 20.8 Å². The van der Waals surface area contributed by atoms with E-state index < -0.39 is 6.10 Å². The second-order valence-electron chi connectivity index (χ2n) is 7.86. The van der Waals surface area contributed by atoms with Crippen LogP contribution < -0.4 is 25.0 Å². The molecule has 2 atom stereocenters. The molecule has 0 radical (unpaired) electrons. The zero-order chi connectivity index (χ0) is 22.4. The summed E-state index contributed by atoms with van der Waals surface area (Å²) in [5.74, 6) is 2.59. The lowest BCUT2D eigenvalue weighted by Crippen LogP contribution is -2.32. The van der Waals surface area contributed by atoms with E-state index in [0.717, 1.165) is 34.5 Å². The van der Waals surface area contributed by atoms with Crippen LogP contribution in [0.25, 0.3) is 0 Å². The van der Waals surface area contributed by atoms with Crippen LogP contribution in [-0.2, 0) is 16.0 Å². The van der Waals surface area contributed by atoms with Gasteiger partial charge < -0.3 is 24.3 Å². The molecular weight excluding hydrogens is 393 g/mol. The van der Waals surface area contributed by atoms with Gasteiger partial charge in [-0.1, -0.05) is 25.1 Å². The molecule has 2 unspecified atom stereocenters. The zero-order valence-corrected chi connectivity index (χ0v) is 19.1. The van der Waals surface area contributed by atoms with Gasteiger partial charge >= 0.3 is 0 Å². The number of hydrogen-bond donors (Lipinski definition) is 1. The molecule has 1 amide bonds. The average molecular weight is 425 g/mol. The van der Waals surface area contributed by atoms with Crippen LogP contribution in [0, 0.1) is 0 Å². The fourth-order valence-corrected chi connectivity index (χ4v) is 4.03. The Balaban J connectivity index is 1.67. The number of methoxy groups -OCH3 is 2.